The van der Waals surface area contributed by atoms with E-state index in [1.807, 2.05) is 37.4 Å². The van der Waals surface area contributed by atoms with Crippen LogP contribution in [-0.4, -0.2) is 37.4 Å². The monoisotopic (exact) mass is 431 g/mol. The molecule has 0 aliphatic carbocycles. The molecule has 1 aromatic heterocycles. The van der Waals surface area contributed by atoms with Crippen molar-refractivity contribution in [1.29, 1.82) is 0 Å². The summed E-state index contributed by atoms with van der Waals surface area (Å²) < 4.78 is 5.43. The third-order valence-electron chi connectivity index (χ3n) is 5.03. The van der Waals surface area contributed by atoms with Gasteiger partial charge in [-0.15, -0.1) is 23.7 Å². The maximum absolute atomic E-state index is 13.0. The van der Waals surface area contributed by atoms with Crippen molar-refractivity contribution in [2.45, 2.75) is 13.0 Å². The number of nitrogens with one attached hydrogen (secondary N) is 1. The summed E-state index contributed by atoms with van der Waals surface area (Å²) in [5.74, 6) is -0.349. The molecule has 0 radical (unpaired) electrons. The SMILES string of the molecule is COc1cc2ccccc2cc1C(=O)Nc1sc2c(c1C(N)=O)CCN(C)C2.Cl. The molecule has 0 atom stereocenters. The molecule has 4 rings (SSSR count). The minimum Gasteiger partial charge on any atom is -0.496 e. The van der Waals surface area contributed by atoms with Gasteiger partial charge >= 0.3 is 0 Å². The molecule has 0 saturated heterocycles. The lowest BCUT2D eigenvalue weighted by Gasteiger charge is -2.22. The summed E-state index contributed by atoms with van der Waals surface area (Å²) in [6.07, 6.45) is 0.746. The van der Waals surface area contributed by atoms with Crippen molar-refractivity contribution in [2.75, 3.05) is 26.0 Å². The van der Waals surface area contributed by atoms with Crippen LogP contribution >= 0.6 is 23.7 Å². The number of methoxy groups -OCH3 is 1. The number of nitrogens with two attached hydrogens (primary N) is 1. The number of ether oxygens (including phenoxy) is 1. The van der Waals surface area contributed by atoms with E-state index >= 15 is 0 Å². The fraction of sp³-hybridized carbons (Fsp3) is 0.238. The first kappa shape index (κ1) is 21.1. The molecule has 1 aliphatic heterocycles. The zero-order valence-corrected chi connectivity index (χ0v) is 17.8. The lowest BCUT2D eigenvalue weighted by Crippen LogP contribution is -2.27. The van der Waals surface area contributed by atoms with Crippen LogP contribution in [0.5, 0.6) is 5.75 Å². The second kappa shape index (κ2) is 8.41. The summed E-state index contributed by atoms with van der Waals surface area (Å²) in [5.41, 5.74) is 7.44. The number of halogens is 1. The number of hydrogen-bond donors (Lipinski definition) is 2. The summed E-state index contributed by atoms with van der Waals surface area (Å²) in [4.78, 5) is 28.4. The van der Waals surface area contributed by atoms with Gasteiger partial charge in [-0.05, 0) is 41.9 Å². The molecule has 1 aliphatic rings. The van der Waals surface area contributed by atoms with E-state index < -0.39 is 5.91 Å². The van der Waals surface area contributed by atoms with E-state index in [0.717, 1.165) is 40.7 Å². The molecule has 0 spiro atoms. The van der Waals surface area contributed by atoms with Gasteiger partial charge in [0, 0.05) is 18.0 Å². The minimum atomic E-state index is -0.511. The number of anilines is 1. The third-order valence-corrected chi connectivity index (χ3v) is 6.17. The molecule has 0 fully saturated rings. The number of fused-ring (bicyclic) bond motifs is 2. The van der Waals surface area contributed by atoms with Crippen LogP contribution in [0.3, 0.4) is 0 Å². The van der Waals surface area contributed by atoms with Crippen molar-refractivity contribution >= 4 is 51.3 Å². The van der Waals surface area contributed by atoms with Crippen molar-refractivity contribution in [3.05, 3.63) is 58.0 Å². The first-order valence-electron chi connectivity index (χ1n) is 8.99. The molecule has 2 aromatic carbocycles. The predicted molar refractivity (Wildman–Crippen MR) is 119 cm³/mol. The largest absolute Gasteiger partial charge is 0.496 e. The molecule has 0 saturated carbocycles. The first-order chi connectivity index (χ1) is 13.5. The molecule has 0 bridgehead atoms. The van der Waals surface area contributed by atoms with Gasteiger partial charge in [-0.3, -0.25) is 9.59 Å². The van der Waals surface area contributed by atoms with Crippen LogP contribution in [0.1, 0.15) is 31.2 Å². The molecule has 3 N–H and O–H groups in total. The van der Waals surface area contributed by atoms with Crippen LogP contribution in [0.4, 0.5) is 5.00 Å². The molecule has 2 heterocycles. The number of thiophene rings is 1. The molecule has 29 heavy (non-hydrogen) atoms. The second-order valence-corrected chi connectivity index (χ2v) is 8.02. The maximum atomic E-state index is 13.0. The average Bonchev–Trinajstić information content (AvgIpc) is 3.03. The minimum absolute atomic E-state index is 0. The van der Waals surface area contributed by atoms with Crippen molar-refractivity contribution < 1.29 is 14.3 Å². The highest BCUT2D eigenvalue weighted by atomic mass is 35.5. The molecule has 8 heteroatoms. The average molecular weight is 432 g/mol. The van der Waals surface area contributed by atoms with Crippen LogP contribution in [0.25, 0.3) is 10.8 Å². The number of benzene rings is 2. The Morgan fingerprint density at radius 3 is 2.55 bits per heavy atom. The molecule has 2 amide bonds. The van der Waals surface area contributed by atoms with E-state index in [1.165, 1.54) is 18.4 Å². The van der Waals surface area contributed by atoms with E-state index in [0.29, 0.717) is 21.9 Å². The van der Waals surface area contributed by atoms with Crippen molar-refractivity contribution in [2.24, 2.45) is 5.73 Å². The fourth-order valence-corrected chi connectivity index (χ4v) is 4.94. The molecule has 152 valence electrons. The van der Waals surface area contributed by atoms with Gasteiger partial charge in [0.05, 0.1) is 18.2 Å². The topological polar surface area (TPSA) is 84.7 Å². The van der Waals surface area contributed by atoms with Crippen LogP contribution in [-0.2, 0) is 13.0 Å². The van der Waals surface area contributed by atoms with Crippen molar-refractivity contribution in [3.8, 4) is 5.75 Å². The Bertz CT molecular complexity index is 1100. The highest BCUT2D eigenvalue weighted by Gasteiger charge is 2.27. The Labute approximate surface area is 179 Å². The molecule has 0 unspecified atom stereocenters. The summed E-state index contributed by atoms with van der Waals surface area (Å²) in [5, 5.41) is 5.34. The van der Waals surface area contributed by atoms with Crippen LogP contribution in [0, 0.1) is 0 Å². The summed E-state index contributed by atoms with van der Waals surface area (Å²) >= 11 is 1.42. The van der Waals surface area contributed by atoms with Gasteiger partial charge in [-0.1, -0.05) is 24.3 Å². The second-order valence-electron chi connectivity index (χ2n) is 6.91. The zero-order valence-electron chi connectivity index (χ0n) is 16.2. The molecular formula is C21H22ClN3O3S. The van der Waals surface area contributed by atoms with Crippen molar-refractivity contribution in [3.63, 3.8) is 0 Å². The number of nitrogens with zero attached hydrogens (tertiary/aromatic N) is 1. The summed E-state index contributed by atoms with van der Waals surface area (Å²) in [6, 6.07) is 11.4. The number of carbonyl (C=O) groups excluding carboxylic acids is 2. The standard InChI is InChI=1S/C21H21N3O3S.ClH/c1-24-8-7-14-17(11-24)28-21(18(14)19(22)25)23-20(26)15-9-12-5-3-4-6-13(12)10-16(15)27-2;/h3-6,9-10H,7-8,11H2,1-2H3,(H2,22,25)(H,23,26);1H. The predicted octanol–water partition coefficient (Wildman–Crippen LogP) is 3.67. The van der Waals surface area contributed by atoms with E-state index in [2.05, 4.69) is 10.2 Å². The number of hydrogen-bond acceptors (Lipinski definition) is 5. The lowest BCUT2D eigenvalue weighted by atomic mass is 10.0. The van der Waals surface area contributed by atoms with Gasteiger partial charge in [0.25, 0.3) is 11.8 Å². The van der Waals surface area contributed by atoms with Gasteiger partial charge in [0.15, 0.2) is 0 Å². The van der Waals surface area contributed by atoms with Crippen LogP contribution in [0.2, 0.25) is 0 Å². The Hall–Kier alpha value is -2.61. The smallest absolute Gasteiger partial charge is 0.260 e. The molecule has 6 nitrogen and oxygen atoms in total. The highest BCUT2D eigenvalue weighted by Crippen LogP contribution is 2.37. The summed E-state index contributed by atoms with van der Waals surface area (Å²) in [6.45, 7) is 1.60. The first-order valence-corrected chi connectivity index (χ1v) is 9.80. The van der Waals surface area contributed by atoms with Gasteiger partial charge in [-0.2, -0.15) is 0 Å². The number of primary amides is 1. The highest BCUT2D eigenvalue weighted by molar-refractivity contribution is 7.17. The third kappa shape index (κ3) is 3.94. The van der Waals surface area contributed by atoms with E-state index in [1.54, 1.807) is 6.07 Å². The summed E-state index contributed by atoms with van der Waals surface area (Å²) in [7, 11) is 3.57. The molecule has 3 aromatic rings. The Balaban J connectivity index is 0.00000240. The Morgan fingerprint density at radius 2 is 1.90 bits per heavy atom. The Kier molecular flexibility index (Phi) is 6.12. The number of likely N-dealkylation sites (N-methyl/N-ethyl adjacent to an activating group) is 1. The van der Waals surface area contributed by atoms with Gasteiger partial charge in [-0.25, -0.2) is 0 Å². The Morgan fingerprint density at radius 1 is 1.21 bits per heavy atom. The fourth-order valence-electron chi connectivity index (χ4n) is 3.62. The van der Waals surface area contributed by atoms with E-state index in [9.17, 15) is 9.59 Å². The number of amides is 2. The lowest BCUT2D eigenvalue weighted by molar-refractivity contribution is 0.1000. The van der Waals surface area contributed by atoms with E-state index in [4.69, 9.17) is 10.5 Å². The zero-order chi connectivity index (χ0) is 19.8. The van der Waals surface area contributed by atoms with Gasteiger partial charge in [0.1, 0.15) is 10.8 Å². The van der Waals surface area contributed by atoms with Crippen LogP contribution in [0.15, 0.2) is 36.4 Å². The van der Waals surface area contributed by atoms with E-state index in [-0.39, 0.29) is 18.3 Å². The molecular weight excluding hydrogens is 410 g/mol. The quantitative estimate of drug-likeness (QED) is 0.660. The van der Waals surface area contributed by atoms with Crippen LogP contribution < -0.4 is 15.8 Å². The normalized spacial score (nSPS) is 13.4. The number of carbonyl (C=O) groups is 2. The van der Waals surface area contributed by atoms with Gasteiger partial charge in [0.2, 0.25) is 0 Å². The van der Waals surface area contributed by atoms with Gasteiger partial charge < -0.3 is 20.7 Å². The maximum Gasteiger partial charge on any atom is 0.260 e. The van der Waals surface area contributed by atoms with Crippen molar-refractivity contribution in [1.82, 2.24) is 4.90 Å². The number of rotatable bonds is 4.